The van der Waals surface area contributed by atoms with Gasteiger partial charge in [0.05, 0.1) is 33.0 Å². The molecule has 0 aliphatic carbocycles. The summed E-state index contributed by atoms with van der Waals surface area (Å²) in [7, 11) is 2.03. The summed E-state index contributed by atoms with van der Waals surface area (Å²) in [6.45, 7) is 4.52. The minimum absolute atomic E-state index is 0.0183. The molecule has 1 aliphatic rings. The SMILES string of the molecule is CN(CCO)Cc1ccccc1[C@@H](c1ccccc1)c1ccc2c(c1)OCCOCCOCCO2. The molecule has 0 aromatic heterocycles. The van der Waals surface area contributed by atoms with Crippen molar-refractivity contribution >= 4 is 0 Å². The molecule has 1 N–H and O–H groups in total. The highest BCUT2D eigenvalue weighted by Crippen LogP contribution is 2.38. The van der Waals surface area contributed by atoms with Crippen LogP contribution in [0.15, 0.2) is 72.8 Å². The first-order chi connectivity index (χ1) is 17.3. The van der Waals surface area contributed by atoms with Gasteiger partial charge in [-0.2, -0.15) is 0 Å². The van der Waals surface area contributed by atoms with Crippen molar-refractivity contribution in [2.24, 2.45) is 0 Å². The fraction of sp³-hybridized carbons (Fsp3) is 0.379. The molecule has 0 fully saturated rings. The lowest BCUT2D eigenvalue weighted by molar-refractivity contribution is 0.0223. The van der Waals surface area contributed by atoms with Crippen molar-refractivity contribution in [1.82, 2.24) is 4.90 Å². The van der Waals surface area contributed by atoms with E-state index < -0.39 is 0 Å². The van der Waals surface area contributed by atoms with Gasteiger partial charge in [-0.25, -0.2) is 0 Å². The largest absolute Gasteiger partial charge is 0.487 e. The van der Waals surface area contributed by atoms with Crippen LogP contribution in [-0.4, -0.2) is 69.8 Å². The molecule has 0 saturated carbocycles. The second kappa shape index (κ2) is 13.3. The van der Waals surface area contributed by atoms with Gasteiger partial charge in [0.1, 0.15) is 13.2 Å². The number of hydrogen-bond donors (Lipinski definition) is 1. The summed E-state index contributed by atoms with van der Waals surface area (Å²) >= 11 is 0. The number of likely N-dealkylation sites (N-methyl/N-ethyl adjacent to an activating group) is 1. The lowest BCUT2D eigenvalue weighted by Crippen LogP contribution is -2.22. The summed E-state index contributed by atoms with van der Waals surface area (Å²) in [6, 6.07) is 25.3. The van der Waals surface area contributed by atoms with E-state index in [1.54, 1.807) is 0 Å². The highest BCUT2D eigenvalue weighted by molar-refractivity contribution is 5.51. The van der Waals surface area contributed by atoms with Crippen molar-refractivity contribution in [1.29, 1.82) is 0 Å². The van der Waals surface area contributed by atoms with Crippen LogP contribution in [0, 0.1) is 0 Å². The minimum atomic E-state index is 0.0183. The summed E-state index contributed by atoms with van der Waals surface area (Å²) in [5.74, 6) is 1.44. The molecule has 35 heavy (non-hydrogen) atoms. The summed E-state index contributed by atoms with van der Waals surface area (Å²) < 4.78 is 23.3. The maximum Gasteiger partial charge on any atom is 0.161 e. The Bertz CT molecular complexity index is 1040. The topological polar surface area (TPSA) is 60.4 Å². The monoisotopic (exact) mass is 477 g/mol. The fourth-order valence-corrected chi connectivity index (χ4v) is 4.38. The predicted octanol–water partition coefficient (Wildman–Crippen LogP) is 4.10. The number of hydrogen-bond acceptors (Lipinski definition) is 6. The van der Waals surface area contributed by atoms with Gasteiger partial charge >= 0.3 is 0 Å². The Balaban J connectivity index is 1.72. The lowest BCUT2D eigenvalue weighted by atomic mass is 9.82. The van der Waals surface area contributed by atoms with E-state index in [1.165, 1.54) is 16.7 Å². The number of benzene rings is 3. The van der Waals surface area contributed by atoms with Gasteiger partial charge in [0, 0.05) is 19.0 Å². The van der Waals surface area contributed by atoms with E-state index in [2.05, 4.69) is 65.6 Å². The third kappa shape index (κ3) is 7.05. The van der Waals surface area contributed by atoms with Gasteiger partial charge in [-0.1, -0.05) is 60.7 Å². The molecule has 1 atom stereocenters. The number of fused-ring (bicyclic) bond motifs is 1. The molecule has 0 saturated heterocycles. The van der Waals surface area contributed by atoms with E-state index in [4.69, 9.17) is 18.9 Å². The maximum absolute atomic E-state index is 9.39. The highest BCUT2D eigenvalue weighted by Gasteiger charge is 2.22. The Morgan fingerprint density at radius 2 is 1.40 bits per heavy atom. The number of aliphatic hydroxyl groups excluding tert-OH is 1. The second-order valence-electron chi connectivity index (χ2n) is 8.63. The summed E-state index contributed by atoms with van der Waals surface area (Å²) in [6.07, 6.45) is 0. The molecule has 186 valence electrons. The number of ether oxygens (including phenoxy) is 4. The van der Waals surface area contributed by atoms with Gasteiger partial charge in [-0.15, -0.1) is 0 Å². The molecule has 0 unspecified atom stereocenters. The Morgan fingerprint density at radius 1 is 0.743 bits per heavy atom. The summed E-state index contributed by atoms with van der Waals surface area (Å²) in [5, 5.41) is 9.39. The van der Waals surface area contributed by atoms with E-state index in [0.29, 0.717) is 57.7 Å². The van der Waals surface area contributed by atoms with E-state index in [9.17, 15) is 5.11 Å². The molecule has 0 amide bonds. The molecule has 0 bridgehead atoms. The average Bonchev–Trinajstić information content (AvgIpc) is 2.87. The van der Waals surface area contributed by atoms with Crippen LogP contribution in [0.4, 0.5) is 0 Å². The van der Waals surface area contributed by atoms with Crippen LogP contribution in [0.25, 0.3) is 0 Å². The smallest absolute Gasteiger partial charge is 0.161 e. The second-order valence-corrected chi connectivity index (χ2v) is 8.63. The Hall–Kier alpha value is -2.90. The standard InChI is InChI=1S/C29H35NO5/c1-30(13-14-31)22-25-9-5-6-10-26(25)29(23-7-3-2-4-8-23)24-11-12-27-28(21-24)35-20-18-33-16-15-32-17-19-34-27/h2-12,21,29,31H,13-20,22H2,1H3/t29-/m0/s1. The van der Waals surface area contributed by atoms with Gasteiger partial charge < -0.3 is 24.1 Å². The molecule has 1 aliphatic heterocycles. The number of rotatable bonds is 7. The fourth-order valence-electron chi connectivity index (χ4n) is 4.38. The zero-order valence-electron chi connectivity index (χ0n) is 20.4. The third-order valence-electron chi connectivity index (χ3n) is 6.06. The van der Waals surface area contributed by atoms with Crippen molar-refractivity contribution in [2.75, 3.05) is 59.8 Å². The van der Waals surface area contributed by atoms with Crippen LogP contribution in [0.2, 0.25) is 0 Å². The average molecular weight is 478 g/mol. The van der Waals surface area contributed by atoms with Crippen molar-refractivity contribution in [3.63, 3.8) is 0 Å². The van der Waals surface area contributed by atoms with Crippen LogP contribution >= 0.6 is 0 Å². The Kier molecular flexibility index (Phi) is 9.55. The zero-order valence-corrected chi connectivity index (χ0v) is 20.4. The molecule has 6 nitrogen and oxygen atoms in total. The molecular weight excluding hydrogens is 442 g/mol. The summed E-state index contributed by atoms with van der Waals surface area (Å²) in [4.78, 5) is 2.14. The Morgan fingerprint density at radius 3 is 2.14 bits per heavy atom. The van der Waals surface area contributed by atoms with Crippen molar-refractivity contribution < 1.29 is 24.1 Å². The van der Waals surface area contributed by atoms with Crippen LogP contribution < -0.4 is 9.47 Å². The molecule has 0 radical (unpaired) electrons. The third-order valence-corrected chi connectivity index (χ3v) is 6.06. The first-order valence-corrected chi connectivity index (χ1v) is 12.2. The first kappa shape index (κ1) is 25.2. The van der Waals surface area contributed by atoms with E-state index in [0.717, 1.165) is 12.1 Å². The van der Waals surface area contributed by atoms with Gasteiger partial charge in [0.15, 0.2) is 11.5 Å². The molecule has 6 heteroatoms. The van der Waals surface area contributed by atoms with Gasteiger partial charge in [-0.05, 0) is 41.4 Å². The van der Waals surface area contributed by atoms with Crippen LogP contribution in [-0.2, 0) is 16.0 Å². The Labute approximate surface area is 208 Å². The van der Waals surface area contributed by atoms with Gasteiger partial charge in [0.25, 0.3) is 0 Å². The van der Waals surface area contributed by atoms with Crippen molar-refractivity contribution in [3.8, 4) is 11.5 Å². The molecule has 4 rings (SSSR count). The highest BCUT2D eigenvalue weighted by atomic mass is 16.6. The van der Waals surface area contributed by atoms with Crippen molar-refractivity contribution in [3.05, 3.63) is 95.1 Å². The van der Waals surface area contributed by atoms with Gasteiger partial charge in [0.2, 0.25) is 0 Å². The molecule has 0 spiro atoms. The first-order valence-electron chi connectivity index (χ1n) is 12.2. The molecule has 3 aromatic carbocycles. The van der Waals surface area contributed by atoms with Crippen molar-refractivity contribution in [2.45, 2.75) is 12.5 Å². The van der Waals surface area contributed by atoms with E-state index in [-0.39, 0.29) is 12.5 Å². The number of nitrogens with zero attached hydrogens (tertiary/aromatic N) is 1. The lowest BCUT2D eigenvalue weighted by Gasteiger charge is -2.25. The van der Waals surface area contributed by atoms with Crippen LogP contribution in [0.5, 0.6) is 11.5 Å². The maximum atomic E-state index is 9.39. The van der Waals surface area contributed by atoms with E-state index >= 15 is 0 Å². The van der Waals surface area contributed by atoms with Crippen LogP contribution in [0.1, 0.15) is 28.2 Å². The van der Waals surface area contributed by atoms with Gasteiger partial charge in [-0.3, -0.25) is 4.90 Å². The quantitative estimate of drug-likeness (QED) is 0.517. The minimum Gasteiger partial charge on any atom is -0.487 e. The molecule has 1 heterocycles. The predicted molar refractivity (Wildman–Crippen MR) is 136 cm³/mol. The number of aliphatic hydroxyl groups is 1. The molecular formula is C29H35NO5. The van der Waals surface area contributed by atoms with E-state index in [1.807, 2.05) is 19.2 Å². The zero-order chi connectivity index (χ0) is 24.3. The normalized spacial score (nSPS) is 15.7. The molecule has 3 aromatic rings. The van der Waals surface area contributed by atoms with Crippen LogP contribution in [0.3, 0.4) is 0 Å². The summed E-state index contributed by atoms with van der Waals surface area (Å²) in [5.41, 5.74) is 4.79.